The Kier molecular flexibility index (Phi) is 5.29. The van der Waals surface area contributed by atoms with Crippen molar-refractivity contribution in [3.8, 4) is 0 Å². The van der Waals surface area contributed by atoms with E-state index in [2.05, 4.69) is 10.4 Å². The number of aromatic nitrogens is 2. The number of thiocarbonyl (C=S) groups is 1. The summed E-state index contributed by atoms with van der Waals surface area (Å²) in [4.78, 5) is 13.8. The third kappa shape index (κ3) is 3.66. The van der Waals surface area contributed by atoms with Crippen molar-refractivity contribution in [2.24, 2.45) is 12.8 Å². The van der Waals surface area contributed by atoms with Crippen molar-refractivity contribution in [2.45, 2.75) is 20.3 Å². The molecule has 3 N–H and O–H groups in total. The van der Waals surface area contributed by atoms with Crippen molar-refractivity contribution in [2.75, 3.05) is 25.0 Å². The molecular weight excluding hydrogens is 262 g/mol. The molecule has 0 bridgehead atoms. The van der Waals surface area contributed by atoms with E-state index >= 15 is 0 Å². The van der Waals surface area contributed by atoms with Crippen molar-refractivity contribution in [1.29, 1.82) is 0 Å². The van der Waals surface area contributed by atoms with Crippen molar-refractivity contribution in [1.82, 2.24) is 15.1 Å². The second-order valence-electron chi connectivity index (χ2n) is 4.48. The molecule has 1 aromatic rings. The van der Waals surface area contributed by atoms with Crippen LogP contribution in [0.15, 0.2) is 0 Å². The van der Waals surface area contributed by atoms with E-state index in [9.17, 15) is 4.79 Å². The van der Waals surface area contributed by atoms with Gasteiger partial charge < -0.3 is 16.0 Å². The Morgan fingerprint density at radius 3 is 2.74 bits per heavy atom. The van der Waals surface area contributed by atoms with Crippen molar-refractivity contribution >= 4 is 28.9 Å². The number of amides is 1. The molecule has 0 aliphatic rings. The molecule has 1 aromatic heterocycles. The van der Waals surface area contributed by atoms with Gasteiger partial charge in [0.1, 0.15) is 10.8 Å². The molecular formula is C12H21N5OS. The molecule has 0 spiro atoms. The van der Waals surface area contributed by atoms with Crippen LogP contribution in [0.2, 0.25) is 0 Å². The number of carbonyl (C=O) groups is 1. The maximum atomic E-state index is 11.7. The molecule has 6 nitrogen and oxygen atoms in total. The Morgan fingerprint density at radius 1 is 1.58 bits per heavy atom. The van der Waals surface area contributed by atoms with Gasteiger partial charge in [-0.2, -0.15) is 5.10 Å². The minimum Gasteiger partial charge on any atom is -0.389 e. The number of likely N-dealkylation sites (N-methyl/N-ethyl adjacent to an activating group) is 1. The number of hydrogen-bond acceptors (Lipinski definition) is 4. The molecule has 7 heteroatoms. The summed E-state index contributed by atoms with van der Waals surface area (Å²) >= 11 is 5.05. The average Bonchev–Trinajstić information content (AvgIpc) is 2.61. The fourth-order valence-corrected chi connectivity index (χ4v) is 2.22. The number of anilines is 1. The van der Waals surface area contributed by atoms with E-state index in [4.69, 9.17) is 18.0 Å². The van der Waals surface area contributed by atoms with Gasteiger partial charge in [0.15, 0.2) is 0 Å². The van der Waals surface area contributed by atoms with Crippen LogP contribution in [0.3, 0.4) is 0 Å². The predicted octanol–water partition coefficient (Wildman–Crippen LogP) is 0.325. The lowest BCUT2D eigenvalue weighted by Gasteiger charge is -2.20. The number of hydrogen-bond donors (Lipinski definition) is 2. The van der Waals surface area contributed by atoms with Gasteiger partial charge in [-0.15, -0.1) is 0 Å². The first-order chi connectivity index (χ1) is 8.88. The average molecular weight is 283 g/mol. The van der Waals surface area contributed by atoms with E-state index in [1.165, 1.54) is 0 Å². The van der Waals surface area contributed by atoms with E-state index in [1.807, 2.05) is 27.9 Å². The van der Waals surface area contributed by atoms with Crippen molar-refractivity contribution in [3.63, 3.8) is 0 Å². The van der Waals surface area contributed by atoms with Gasteiger partial charge in [0, 0.05) is 20.6 Å². The van der Waals surface area contributed by atoms with Gasteiger partial charge in [-0.3, -0.25) is 9.48 Å². The fourth-order valence-electron chi connectivity index (χ4n) is 1.98. The van der Waals surface area contributed by atoms with Crippen LogP contribution in [0.25, 0.3) is 0 Å². The predicted molar refractivity (Wildman–Crippen MR) is 80.4 cm³/mol. The summed E-state index contributed by atoms with van der Waals surface area (Å²) in [5.74, 6) is 0.730. The Balaban J connectivity index is 2.90. The second kappa shape index (κ2) is 6.51. The second-order valence-corrected chi connectivity index (χ2v) is 4.92. The molecule has 0 saturated heterocycles. The van der Waals surface area contributed by atoms with Gasteiger partial charge >= 0.3 is 0 Å². The van der Waals surface area contributed by atoms with Crippen LogP contribution in [-0.4, -0.2) is 40.8 Å². The molecule has 0 atom stereocenters. The van der Waals surface area contributed by atoms with Gasteiger partial charge in [-0.25, -0.2) is 0 Å². The lowest BCUT2D eigenvalue weighted by atomic mass is 10.2. The fraction of sp³-hybridized carbons (Fsp3) is 0.583. The number of carbonyl (C=O) groups excluding carboxylic acids is 1. The summed E-state index contributed by atoms with van der Waals surface area (Å²) in [6.07, 6.45) is 0.915. The van der Waals surface area contributed by atoms with Crippen molar-refractivity contribution in [3.05, 3.63) is 11.3 Å². The van der Waals surface area contributed by atoms with Crippen LogP contribution in [0.5, 0.6) is 0 Å². The highest BCUT2D eigenvalue weighted by Gasteiger charge is 2.20. The van der Waals surface area contributed by atoms with Crippen molar-refractivity contribution < 1.29 is 4.79 Å². The highest BCUT2D eigenvalue weighted by molar-refractivity contribution is 7.80. The first-order valence-electron chi connectivity index (χ1n) is 6.19. The number of nitrogens with two attached hydrogens (primary N) is 1. The Labute approximate surface area is 118 Å². The molecule has 0 aromatic carbocycles. The van der Waals surface area contributed by atoms with Crippen LogP contribution < -0.4 is 16.0 Å². The molecule has 0 saturated carbocycles. The van der Waals surface area contributed by atoms with Gasteiger partial charge in [0.2, 0.25) is 5.91 Å². The highest BCUT2D eigenvalue weighted by Crippen LogP contribution is 2.21. The molecule has 0 radical (unpaired) electrons. The Morgan fingerprint density at radius 2 is 2.21 bits per heavy atom. The molecule has 106 valence electrons. The quantitative estimate of drug-likeness (QED) is 0.736. The largest absolute Gasteiger partial charge is 0.389 e. The Hall–Kier alpha value is -1.63. The molecule has 0 aliphatic carbocycles. The third-order valence-corrected chi connectivity index (χ3v) is 2.96. The maximum absolute atomic E-state index is 11.7. The summed E-state index contributed by atoms with van der Waals surface area (Å²) in [5.41, 5.74) is 7.22. The topological polar surface area (TPSA) is 76.2 Å². The van der Waals surface area contributed by atoms with Crippen LogP contribution in [0, 0.1) is 6.92 Å². The molecule has 0 aliphatic heterocycles. The van der Waals surface area contributed by atoms with Crippen LogP contribution in [-0.2, 0) is 11.8 Å². The molecule has 1 amide bonds. The molecule has 1 rings (SSSR count). The number of aryl methyl sites for hydroxylation is 2. The lowest BCUT2D eigenvalue weighted by molar-refractivity contribution is -0.119. The zero-order valence-corrected chi connectivity index (χ0v) is 12.7. The van der Waals surface area contributed by atoms with E-state index in [0.717, 1.165) is 23.5 Å². The highest BCUT2D eigenvalue weighted by atomic mass is 32.1. The summed E-state index contributed by atoms with van der Waals surface area (Å²) in [6.45, 7) is 4.79. The zero-order chi connectivity index (χ0) is 14.6. The molecule has 1 heterocycles. The zero-order valence-electron chi connectivity index (χ0n) is 11.9. The standard InChI is InChI=1S/C12H21N5OS/c1-5-6-14-9(18)7-16(3)12-10(11(13)19)8(2)15-17(12)4/h5-7H2,1-4H3,(H2,13,19)(H,14,18). The van der Waals surface area contributed by atoms with Gasteiger partial charge in [0.25, 0.3) is 0 Å². The van der Waals surface area contributed by atoms with Crippen LogP contribution >= 0.6 is 12.2 Å². The first kappa shape index (κ1) is 15.4. The SMILES string of the molecule is CCCNC(=O)CN(C)c1c(C(N)=S)c(C)nn1C. The minimum absolute atomic E-state index is 0.0305. The Bertz CT molecular complexity index is 483. The number of rotatable bonds is 6. The summed E-state index contributed by atoms with van der Waals surface area (Å²) in [5, 5.41) is 7.13. The molecule has 0 fully saturated rings. The van der Waals surface area contributed by atoms with Crippen LogP contribution in [0.4, 0.5) is 5.82 Å². The van der Waals surface area contributed by atoms with E-state index < -0.39 is 0 Å². The first-order valence-corrected chi connectivity index (χ1v) is 6.60. The molecule has 19 heavy (non-hydrogen) atoms. The molecule has 0 unspecified atom stereocenters. The van der Waals surface area contributed by atoms with Gasteiger partial charge in [0.05, 0.1) is 17.8 Å². The number of nitrogens with one attached hydrogen (secondary N) is 1. The summed E-state index contributed by atoms with van der Waals surface area (Å²) in [6, 6.07) is 0. The van der Waals surface area contributed by atoms with Crippen LogP contribution in [0.1, 0.15) is 24.6 Å². The smallest absolute Gasteiger partial charge is 0.239 e. The third-order valence-electron chi connectivity index (χ3n) is 2.75. The monoisotopic (exact) mass is 283 g/mol. The summed E-state index contributed by atoms with van der Waals surface area (Å²) in [7, 11) is 3.63. The summed E-state index contributed by atoms with van der Waals surface area (Å²) < 4.78 is 1.69. The van der Waals surface area contributed by atoms with Gasteiger partial charge in [-0.1, -0.05) is 19.1 Å². The lowest BCUT2D eigenvalue weighted by Crippen LogP contribution is -2.37. The van der Waals surface area contributed by atoms with Gasteiger partial charge in [-0.05, 0) is 13.3 Å². The van der Waals surface area contributed by atoms with E-state index in [1.54, 1.807) is 9.58 Å². The number of nitrogens with zero attached hydrogens (tertiary/aromatic N) is 3. The van der Waals surface area contributed by atoms with E-state index in [-0.39, 0.29) is 12.5 Å². The maximum Gasteiger partial charge on any atom is 0.239 e. The normalized spacial score (nSPS) is 10.3. The van der Waals surface area contributed by atoms with E-state index in [0.29, 0.717) is 11.5 Å². The minimum atomic E-state index is -0.0305.